The van der Waals surface area contributed by atoms with Gasteiger partial charge in [-0.2, -0.15) is 0 Å². The summed E-state index contributed by atoms with van der Waals surface area (Å²) >= 11 is 0. The Balaban J connectivity index is 4.35. The maximum atomic E-state index is 11.7. The van der Waals surface area contributed by atoms with Gasteiger partial charge in [-0.3, -0.25) is 14.4 Å². The largest absolute Gasteiger partial charge is 0.480 e. The number of carbonyl (C=O) groups is 3. The van der Waals surface area contributed by atoms with Crippen LogP contribution in [0.4, 0.5) is 0 Å². The van der Waals surface area contributed by atoms with Crippen LogP contribution in [0.1, 0.15) is 27.2 Å². The number of hydrogen-bond donors (Lipinski definition) is 4. The zero-order chi connectivity index (χ0) is 17.4. The van der Waals surface area contributed by atoms with Gasteiger partial charge in [0.25, 0.3) is 0 Å². The third-order valence-electron chi connectivity index (χ3n) is 2.83. The molecule has 0 saturated heterocycles. The van der Waals surface area contributed by atoms with Gasteiger partial charge >= 0.3 is 17.9 Å². The zero-order valence-electron chi connectivity index (χ0n) is 13.0. The molecule has 0 aliphatic heterocycles. The van der Waals surface area contributed by atoms with Crippen molar-refractivity contribution in [1.82, 2.24) is 0 Å². The fraction of sp³-hybridized carbons (Fsp3) is 0.769. The minimum atomic E-state index is -1.34. The topological polar surface area (TPSA) is 168 Å². The molecule has 0 aromatic carbocycles. The Morgan fingerprint density at radius 1 is 1.00 bits per heavy atom. The Kier molecular flexibility index (Phi) is 8.61. The number of esters is 2. The van der Waals surface area contributed by atoms with Gasteiger partial charge in [0.05, 0.1) is 0 Å². The molecule has 128 valence electrons. The second-order valence-electron chi connectivity index (χ2n) is 5.48. The van der Waals surface area contributed by atoms with Crippen molar-refractivity contribution in [2.45, 2.75) is 51.4 Å². The van der Waals surface area contributed by atoms with Crippen LogP contribution in [0, 0.1) is 5.92 Å². The van der Waals surface area contributed by atoms with Gasteiger partial charge in [0, 0.05) is 0 Å². The summed E-state index contributed by atoms with van der Waals surface area (Å²) in [5.74, 6) is -2.66. The summed E-state index contributed by atoms with van der Waals surface area (Å²) in [4.78, 5) is 33.8. The molecule has 0 aromatic heterocycles. The number of carbonyl (C=O) groups excluding carboxylic acids is 2. The lowest BCUT2D eigenvalue weighted by Gasteiger charge is -2.22. The van der Waals surface area contributed by atoms with Crippen LogP contribution in [-0.4, -0.2) is 53.9 Å². The predicted molar refractivity (Wildman–Crippen MR) is 77.5 cm³/mol. The number of nitrogens with two attached hydrogens (primary N) is 3. The Labute approximate surface area is 129 Å². The molecule has 0 unspecified atom stereocenters. The van der Waals surface area contributed by atoms with Crippen LogP contribution in [0.15, 0.2) is 0 Å². The summed E-state index contributed by atoms with van der Waals surface area (Å²) in [6.07, 6.45) is -0.516. The average Bonchev–Trinajstić information content (AvgIpc) is 2.42. The highest BCUT2D eigenvalue weighted by molar-refractivity contribution is 5.79. The third kappa shape index (κ3) is 7.34. The van der Waals surface area contributed by atoms with Crippen molar-refractivity contribution in [3.8, 4) is 0 Å². The van der Waals surface area contributed by atoms with Gasteiger partial charge in [0.2, 0.25) is 0 Å². The molecule has 0 rings (SSSR count). The lowest BCUT2D eigenvalue weighted by Crippen LogP contribution is -2.47. The molecule has 22 heavy (non-hydrogen) atoms. The number of carboxylic acid groups (broad SMARTS) is 1. The van der Waals surface area contributed by atoms with Crippen molar-refractivity contribution in [3.05, 3.63) is 0 Å². The van der Waals surface area contributed by atoms with E-state index in [0.29, 0.717) is 6.42 Å². The van der Waals surface area contributed by atoms with E-state index in [1.165, 1.54) is 6.92 Å². The van der Waals surface area contributed by atoms with Crippen molar-refractivity contribution in [2.75, 3.05) is 6.61 Å². The molecule has 4 atom stereocenters. The fourth-order valence-electron chi connectivity index (χ4n) is 1.48. The number of carboxylic acids is 1. The minimum absolute atomic E-state index is 0.217. The zero-order valence-corrected chi connectivity index (χ0v) is 13.0. The van der Waals surface area contributed by atoms with Gasteiger partial charge in [-0.25, -0.2) is 0 Å². The number of ether oxygens (including phenoxy) is 2. The lowest BCUT2D eigenvalue weighted by atomic mass is 10.0. The SMILES string of the molecule is CC(C)C[C@H](N)C(=O)O[C@H](C)[C@H](N)C(=O)OC[C@H](N)C(=O)O. The standard InChI is InChI=1S/C13H25N3O6/c1-6(2)4-8(14)12(19)22-7(3)10(16)13(20)21-5-9(15)11(17)18/h6-10H,4-5,14-16H2,1-3H3,(H,17,18)/t7-,8+,9+,10+/m1/s1. The second-order valence-corrected chi connectivity index (χ2v) is 5.48. The second kappa shape index (κ2) is 9.34. The van der Waals surface area contributed by atoms with Gasteiger partial charge in [-0.15, -0.1) is 0 Å². The molecule has 0 amide bonds. The first-order chi connectivity index (χ1) is 10.1. The monoisotopic (exact) mass is 319 g/mol. The first kappa shape index (κ1) is 20.3. The molecule has 0 spiro atoms. The first-order valence-corrected chi connectivity index (χ1v) is 6.92. The number of hydrogen-bond acceptors (Lipinski definition) is 8. The van der Waals surface area contributed by atoms with E-state index in [1.54, 1.807) is 0 Å². The summed E-state index contributed by atoms with van der Waals surface area (Å²) in [6, 6.07) is -3.39. The van der Waals surface area contributed by atoms with Crippen LogP contribution < -0.4 is 17.2 Å². The maximum Gasteiger partial charge on any atom is 0.326 e. The van der Waals surface area contributed by atoms with E-state index >= 15 is 0 Å². The summed E-state index contributed by atoms with van der Waals surface area (Å²) < 4.78 is 9.68. The molecule has 0 fully saturated rings. The maximum absolute atomic E-state index is 11.7. The molecule has 0 aliphatic rings. The van der Waals surface area contributed by atoms with E-state index in [9.17, 15) is 14.4 Å². The fourth-order valence-corrected chi connectivity index (χ4v) is 1.48. The average molecular weight is 319 g/mol. The highest BCUT2D eigenvalue weighted by atomic mass is 16.6. The van der Waals surface area contributed by atoms with E-state index in [4.69, 9.17) is 27.0 Å². The van der Waals surface area contributed by atoms with Crippen molar-refractivity contribution in [3.63, 3.8) is 0 Å². The molecular formula is C13H25N3O6. The van der Waals surface area contributed by atoms with E-state index in [0.717, 1.165) is 0 Å². The summed E-state index contributed by atoms with van der Waals surface area (Å²) in [7, 11) is 0. The molecule has 0 bridgehead atoms. The van der Waals surface area contributed by atoms with E-state index in [2.05, 4.69) is 4.74 Å². The molecular weight excluding hydrogens is 294 g/mol. The molecule has 0 saturated carbocycles. The van der Waals surface area contributed by atoms with Gasteiger partial charge < -0.3 is 31.8 Å². The van der Waals surface area contributed by atoms with E-state index in [1.807, 2.05) is 13.8 Å². The summed E-state index contributed by atoms with van der Waals surface area (Å²) in [5, 5.41) is 8.56. The Morgan fingerprint density at radius 3 is 2.00 bits per heavy atom. The highest BCUT2D eigenvalue weighted by Crippen LogP contribution is 2.07. The molecule has 0 radical (unpaired) electrons. The predicted octanol–water partition coefficient (Wildman–Crippen LogP) is -1.43. The van der Waals surface area contributed by atoms with Crippen molar-refractivity contribution in [2.24, 2.45) is 23.1 Å². The van der Waals surface area contributed by atoms with Crippen LogP contribution in [0.25, 0.3) is 0 Å². The minimum Gasteiger partial charge on any atom is -0.480 e. The molecule has 7 N–H and O–H groups in total. The smallest absolute Gasteiger partial charge is 0.326 e. The Bertz CT molecular complexity index is 401. The van der Waals surface area contributed by atoms with Crippen molar-refractivity contribution in [1.29, 1.82) is 0 Å². The summed E-state index contributed by atoms with van der Waals surface area (Å²) in [5.41, 5.74) is 16.4. The third-order valence-corrected chi connectivity index (χ3v) is 2.83. The van der Waals surface area contributed by atoms with Crippen molar-refractivity contribution >= 4 is 17.9 Å². The molecule has 9 nitrogen and oxygen atoms in total. The lowest BCUT2D eigenvalue weighted by molar-refractivity contribution is -0.158. The van der Waals surface area contributed by atoms with Crippen LogP contribution >= 0.6 is 0 Å². The van der Waals surface area contributed by atoms with E-state index < -0.39 is 48.7 Å². The van der Waals surface area contributed by atoms with Crippen LogP contribution in [0.5, 0.6) is 0 Å². The summed E-state index contributed by atoms with van der Waals surface area (Å²) in [6.45, 7) is 4.72. The van der Waals surface area contributed by atoms with Crippen LogP contribution in [0.3, 0.4) is 0 Å². The van der Waals surface area contributed by atoms with Crippen molar-refractivity contribution < 1.29 is 29.0 Å². The normalized spacial score (nSPS) is 16.5. The van der Waals surface area contributed by atoms with Crippen LogP contribution in [0.2, 0.25) is 0 Å². The van der Waals surface area contributed by atoms with Crippen LogP contribution in [-0.2, 0) is 23.9 Å². The highest BCUT2D eigenvalue weighted by Gasteiger charge is 2.28. The van der Waals surface area contributed by atoms with Gasteiger partial charge in [-0.1, -0.05) is 13.8 Å². The molecule has 0 aromatic rings. The Hall–Kier alpha value is -1.71. The molecule has 0 heterocycles. The van der Waals surface area contributed by atoms with Gasteiger partial charge in [0.15, 0.2) is 0 Å². The van der Waals surface area contributed by atoms with Gasteiger partial charge in [-0.05, 0) is 19.3 Å². The molecule has 9 heteroatoms. The van der Waals surface area contributed by atoms with Gasteiger partial charge in [0.1, 0.15) is 30.8 Å². The number of rotatable bonds is 9. The Morgan fingerprint density at radius 2 is 1.55 bits per heavy atom. The molecule has 0 aliphatic carbocycles. The first-order valence-electron chi connectivity index (χ1n) is 6.92. The van der Waals surface area contributed by atoms with E-state index in [-0.39, 0.29) is 5.92 Å². The number of aliphatic carboxylic acids is 1. The quantitative estimate of drug-likeness (QED) is 0.372.